The lowest BCUT2D eigenvalue weighted by Crippen LogP contribution is -2.13. The van der Waals surface area contributed by atoms with Crippen molar-refractivity contribution < 1.29 is 0 Å². The number of halogens is 1. The van der Waals surface area contributed by atoms with Crippen LogP contribution in [0.2, 0.25) is 0 Å². The molecule has 2 heterocycles. The highest BCUT2D eigenvalue weighted by molar-refractivity contribution is 6.18. The molecule has 0 saturated carbocycles. The molecule has 0 aliphatic heterocycles. The molecule has 0 fully saturated rings. The van der Waals surface area contributed by atoms with Crippen LogP contribution in [0, 0.1) is 5.92 Å². The van der Waals surface area contributed by atoms with Crippen LogP contribution >= 0.6 is 11.6 Å². The second-order valence-corrected chi connectivity index (χ2v) is 3.90. The molecule has 0 spiro atoms. The zero-order valence-corrected chi connectivity index (χ0v) is 9.28. The molecule has 0 aliphatic carbocycles. The predicted molar refractivity (Wildman–Crippen MR) is 61.4 cm³/mol. The Morgan fingerprint density at radius 2 is 2.40 bits per heavy atom. The second-order valence-electron chi connectivity index (χ2n) is 3.59. The Kier molecular flexibility index (Phi) is 3.06. The predicted octanol–water partition coefficient (Wildman–Crippen LogP) is 2.02. The maximum atomic E-state index is 5.72. The molecular formula is C10H13ClN4. The highest BCUT2D eigenvalue weighted by Gasteiger charge is 2.01. The fraction of sp³-hybridized carbons (Fsp3) is 0.400. The average molecular weight is 225 g/mol. The normalized spacial score (nSPS) is 12.9. The summed E-state index contributed by atoms with van der Waals surface area (Å²) < 4.78 is 1.73. The number of alkyl halides is 1. The van der Waals surface area contributed by atoms with Crippen LogP contribution in [0.4, 0.5) is 5.82 Å². The molecule has 5 heteroatoms. The van der Waals surface area contributed by atoms with Crippen molar-refractivity contribution in [2.45, 2.75) is 6.92 Å². The van der Waals surface area contributed by atoms with Crippen LogP contribution in [0.3, 0.4) is 0 Å². The average Bonchev–Trinajstić information content (AvgIpc) is 2.72. The molecule has 0 aromatic carbocycles. The van der Waals surface area contributed by atoms with Crippen molar-refractivity contribution in [2.75, 3.05) is 17.7 Å². The van der Waals surface area contributed by atoms with Crippen molar-refractivity contribution in [1.29, 1.82) is 0 Å². The van der Waals surface area contributed by atoms with E-state index in [9.17, 15) is 0 Å². The monoisotopic (exact) mass is 224 g/mol. The summed E-state index contributed by atoms with van der Waals surface area (Å²) in [6.07, 6.45) is 3.61. The van der Waals surface area contributed by atoms with Crippen LogP contribution in [0.5, 0.6) is 0 Å². The number of anilines is 1. The topological polar surface area (TPSA) is 42.2 Å². The molecule has 4 nitrogen and oxygen atoms in total. The van der Waals surface area contributed by atoms with E-state index in [0.29, 0.717) is 11.8 Å². The smallest absolute Gasteiger partial charge is 0.157 e. The lowest BCUT2D eigenvalue weighted by atomic mass is 10.2. The molecular weight excluding hydrogens is 212 g/mol. The highest BCUT2D eigenvalue weighted by Crippen LogP contribution is 2.07. The van der Waals surface area contributed by atoms with Gasteiger partial charge in [0.15, 0.2) is 5.65 Å². The Bertz CT molecular complexity index is 440. The van der Waals surface area contributed by atoms with Gasteiger partial charge in [-0.2, -0.15) is 5.10 Å². The van der Waals surface area contributed by atoms with Gasteiger partial charge in [0.1, 0.15) is 5.82 Å². The van der Waals surface area contributed by atoms with E-state index < -0.39 is 0 Å². The van der Waals surface area contributed by atoms with Gasteiger partial charge in [-0.05, 0) is 12.0 Å². The molecule has 2 rings (SSSR count). The summed E-state index contributed by atoms with van der Waals surface area (Å²) in [5.74, 6) is 1.96. The number of rotatable bonds is 4. The Hall–Kier alpha value is -1.29. The van der Waals surface area contributed by atoms with Crippen LogP contribution in [0.1, 0.15) is 6.92 Å². The minimum atomic E-state index is 0.439. The number of hydrogen-bond acceptors (Lipinski definition) is 3. The minimum absolute atomic E-state index is 0.439. The summed E-state index contributed by atoms with van der Waals surface area (Å²) >= 11 is 5.72. The molecule has 0 saturated heterocycles. The van der Waals surface area contributed by atoms with E-state index in [1.165, 1.54) is 0 Å². The second kappa shape index (κ2) is 4.49. The van der Waals surface area contributed by atoms with Crippen LogP contribution in [-0.2, 0) is 0 Å². The molecule has 0 amide bonds. The zero-order chi connectivity index (χ0) is 10.7. The van der Waals surface area contributed by atoms with E-state index in [1.54, 1.807) is 10.7 Å². The molecule has 0 aliphatic rings. The minimum Gasteiger partial charge on any atom is -0.370 e. The number of nitrogens with zero attached hydrogens (tertiary/aromatic N) is 3. The van der Waals surface area contributed by atoms with E-state index in [2.05, 4.69) is 22.3 Å². The van der Waals surface area contributed by atoms with Gasteiger partial charge in [-0.15, -0.1) is 11.6 Å². The fourth-order valence-electron chi connectivity index (χ4n) is 1.24. The largest absolute Gasteiger partial charge is 0.370 e. The molecule has 2 aromatic rings. The van der Waals surface area contributed by atoms with Gasteiger partial charge < -0.3 is 5.32 Å². The summed E-state index contributed by atoms with van der Waals surface area (Å²) in [6, 6.07) is 3.77. The summed E-state index contributed by atoms with van der Waals surface area (Å²) in [4.78, 5) is 4.39. The highest BCUT2D eigenvalue weighted by atomic mass is 35.5. The molecule has 0 radical (unpaired) electrons. The van der Waals surface area contributed by atoms with Gasteiger partial charge in [-0.25, -0.2) is 9.50 Å². The molecule has 1 unspecified atom stereocenters. The lowest BCUT2D eigenvalue weighted by Gasteiger charge is -2.09. The Balaban J connectivity index is 2.08. The maximum absolute atomic E-state index is 5.72. The van der Waals surface area contributed by atoms with Crippen LogP contribution in [0.25, 0.3) is 5.65 Å². The lowest BCUT2D eigenvalue weighted by molar-refractivity contribution is 0.694. The van der Waals surface area contributed by atoms with Crippen molar-refractivity contribution in [3.05, 3.63) is 24.5 Å². The number of hydrogen-bond donors (Lipinski definition) is 1. The molecule has 0 bridgehead atoms. The van der Waals surface area contributed by atoms with E-state index in [4.69, 9.17) is 11.6 Å². The van der Waals surface area contributed by atoms with Gasteiger partial charge in [-0.1, -0.05) is 6.92 Å². The first-order valence-electron chi connectivity index (χ1n) is 4.90. The van der Waals surface area contributed by atoms with Crippen molar-refractivity contribution >= 4 is 23.1 Å². The first-order valence-corrected chi connectivity index (χ1v) is 5.43. The maximum Gasteiger partial charge on any atom is 0.157 e. The standard InChI is InChI=1S/C10H13ClN4/c1-8(6-11)7-12-9-3-5-15-10(14-9)2-4-13-15/h2-5,8H,6-7H2,1H3,(H,12,14). The Morgan fingerprint density at radius 3 is 3.20 bits per heavy atom. The fourth-order valence-corrected chi connectivity index (χ4v) is 1.35. The van der Waals surface area contributed by atoms with Gasteiger partial charge in [0.05, 0.1) is 6.20 Å². The van der Waals surface area contributed by atoms with Crippen LogP contribution in [0.15, 0.2) is 24.5 Å². The van der Waals surface area contributed by atoms with E-state index in [0.717, 1.165) is 18.0 Å². The number of fused-ring (bicyclic) bond motifs is 1. The van der Waals surface area contributed by atoms with Crippen LogP contribution in [-0.4, -0.2) is 27.0 Å². The van der Waals surface area contributed by atoms with Crippen molar-refractivity contribution in [3.8, 4) is 0 Å². The van der Waals surface area contributed by atoms with Crippen molar-refractivity contribution in [1.82, 2.24) is 14.6 Å². The van der Waals surface area contributed by atoms with Crippen molar-refractivity contribution in [3.63, 3.8) is 0 Å². The molecule has 2 aromatic heterocycles. The summed E-state index contributed by atoms with van der Waals surface area (Å²) in [5, 5.41) is 7.32. The van der Waals surface area contributed by atoms with Gasteiger partial charge in [0.25, 0.3) is 0 Å². The number of aromatic nitrogens is 3. The third kappa shape index (κ3) is 2.39. The Morgan fingerprint density at radius 1 is 1.53 bits per heavy atom. The third-order valence-electron chi connectivity index (χ3n) is 2.15. The van der Waals surface area contributed by atoms with Gasteiger partial charge >= 0.3 is 0 Å². The van der Waals surface area contributed by atoms with Crippen molar-refractivity contribution in [2.24, 2.45) is 5.92 Å². The molecule has 1 N–H and O–H groups in total. The molecule has 80 valence electrons. The number of nitrogens with one attached hydrogen (secondary N) is 1. The molecule has 15 heavy (non-hydrogen) atoms. The van der Waals surface area contributed by atoms with Gasteiger partial charge in [0, 0.05) is 24.7 Å². The van der Waals surface area contributed by atoms with Crippen LogP contribution < -0.4 is 5.32 Å². The Labute approximate surface area is 93.3 Å². The van der Waals surface area contributed by atoms with Gasteiger partial charge in [0.2, 0.25) is 0 Å². The zero-order valence-electron chi connectivity index (χ0n) is 8.52. The third-order valence-corrected chi connectivity index (χ3v) is 2.68. The summed E-state index contributed by atoms with van der Waals surface area (Å²) in [6.45, 7) is 2.93. The quantitative estimate of drug-likeness (QED) is 0.808. The first kappa shape index (κ1) is 10.2. The van der Waals surface area contributed by atoms with E-state index in [1.807, 2.05) is 18.3 Å². The first-order chi connectivity index (χ1) is 7.29. The molecule has 1 atom stereocenters. The summed E-state index contributed by atoms with van der Waals surface area (Å²) in [5.41, 5.74) is 0.846. The SMILES string of the molecule is CC(CCl)CNc1ccn2nccc2n1. The van der Waals surface area contributed by atoms with E-state index >= 15 is 0 Å². The summed E-state index contributed by atoms with van der Waals surface area (Å²) in [7, 11) is 0. The van der Waals surface area contributed by atoms with Gasteiger partial charge in [-0.3, -0.25) is 0 Å². The van der Waals surface area contributed by atoms with E-state index in [-0.39, 0.29) is 0 Å².